The van der Waals surface area contributed by atoms with E-state index in [4.69, 9.17) is 9.47 Å². The van der Waals surface area contributed by atoms with Gasteiger partial charge in [-0.1, -0.05) is 0 Å². The van der Waals surface area contributed by atoms with Crippen LogP contribution in [-0.2, 0) is 9.47 Å². The molecular formula is C13H27NO3. The smallest absolute Gasteiger partial charge is 0.0824 e. The molecule has 0 aromatic carbocycles. The number of hydrogen-bond donors (Lipinski definition) is 1. The van der Waals surface area contributed by atoms with E-state index in [0.717, 1.165) is 26.1 Å². The highest BCUT2D eigenvalue weighted by Crippen LogP contribution is 2.11. The van der Waals surface area contributed by atoms with E-state index >= 15 is 0 Å². The number of ether oxygens (including phenoxy) is 2. The first kappa shape index (κ1) is 14.9. The van der Waals surface area contributed by atoms with Crippen molar-refractivity contribution in [2.24, 2.45) is 0 Å². The fraction of sp³-hybridized carbons (Fsp3) is 1.00. The molecule has 0 spiro atoms. The average molecular weight is 245 g/mol. The predicted molar refractivity (Wildman–Crippen MR) is 68.2 cm³/mol. The first-order chi connectivity index (χ1) is 7.88. The molecule has 0 radical (unpaired) electrons. The molecule has 0 bridgehead atoms. The molecule has 1 unspecified atom stereocenters. The molecule has 0 amide bonds. The Balaban J connectivity index is 2.23. The number of rotatable bonds is 5. The van der Waals surface area contributed by atoms with E-state index in [9.17, 15) is 5.11 Å². The maximum Gasteiger partial charge on any atom is 0.0824 e. The van der Waals surface area contributed by atoms with Crippen LogP contribution in [0.25, 0.3) is 0 Å². The maximum atomic E-state index is 9.54. The second-order valence-electron chi connectivity index (χ2n) is 5.74. The van der Waals surface area contributed by atoms with E-state index in [2.05, 4.69) is 18.7 Å². The number of aliphatic hydroxyl groups is 1. The van der Waals surface area contributed by atoms with Gasteiger partial charge in [0.2, 0.25) is 0 Å². The molecular weight excluding hydrogens is 218 g/mol. The van der Waals surface area contributed by atoms with Gasteiger partial charge in [-0.25, -0.2) is 0 Å². The Kier molecular flexibility index (Phi) is 5.86. The van der Waals surface area contributed by atoms with E-state index in [1.54, 1.807) is 13.8 Å². The summed E-state index contributed by atoms with van der Waals surface area (Å²) in [6.07, 6.45) is 1.17. The summed E-state index contributed by atoms with van der Waals surface area (Å²) in [5.74, 6) is 0. The average Bonchev–Trinajstić information content (AvgIpc) is 2.41. The second-order valence-corrected chi connectivity index (χ2v) is 5.74. The Morgan fingerprint density at radius 3 is 2.71 bits per heavy atom. The predicted octanol–water partition coefficient (Wildman–Crippen LogP) is 1.27. The van der Waals surface area contributed by atoms with E-state index in [-0.39, 0.29) is 6.10 Å². The van der Waals surface area contributed by atoms with Crippen molar-refractivity contribution < 1.29 is 14.6 Å². The maximum absolute atomic E-state index is 9.54. The van der Waals surface area contributed by atoms with Crippen LogP contribution in [0.5, 0.6) is 0 Å². The van der Waals surface area contributed by atoms with Gasteiger partial charge in [0.05, 0.1) is 31.5 Å². The summed E-state index contributed by atoms with van der Waals surface area (Å²) in [6, 6.07) is 0.578. The highest BCUT2D eigenvalue weighted by molar-refractivity contribution is 4.71. The minimum absolute atomic E-state index is 0.168. The van der Waals surface area contributed by atoms with Crippen molar-refractivity contribution in [3.8, 4) is 0 Å². The summed E-state index contributed by atoms with van der Waals surface area (Å²) in [4.78, 5) is 2.43. The summed E-state index contributed by atoms with van der Waals surface area (Å²) in [7, 11) is 0. The molecule has 0 aliphatic carbocycles. The van der Waals surface area contributed by atoms with Crippen molar-refractivity contribution in [1.82, 2.24) is 4.90 Å². The molecule has 1 atom stereocenters. The van der Waals surface area contributed by atoms with Crippen LogP contribution in [0.3, 0.4) is 0 Å². The van der Waals surface area contributed by atoms with Gasteiger partial charge in [0.1, 0.15) is 0 Å². The number of hydrogen-bond acceptors (Lipinski definition) is 4. The Hall–Kier alpha value is -0.160. The molecule has 1 heterocycles. The SMILES string of the molecule is CC(C)N1CCOC(COCC(C)(C)O)CC1. The lowest BCUT2D eigenvalue weighted by Gasteiger charge is -2.23. The Bertz CT molecular complexity index is 213. The highest BCUT2D eigenvalue weighted by atomic mass is 16.5. The zero-order valence-corrected chi connectivity index (χ0v) is 11.6. The second kappa shape index (κ2) is 6.69. The first-order valence-corrected chi connectivity index (χ1v) is 6.54. The molecule has 1 N–H and O–H groups in total. The topological polar surface area (TPSA) is 41.9 Å². The number of nitrogens with zero attached hydrogens (tertiary/aromatic N) is 1. The molecule has 0 saturated carbocycles. The lowest BCUT2D eigenvalue weighted by atomic mass is 10.2. The van der Waals surface area contributed by atoms with Crippen molar-refractivity contribution in [2.45, 2.75) is 51.9 Å². The Morgan fingerprint density at radius 2 is 2.12 bits per heavy atom. The largest absolute Gasteiger partial charge is 0.388 e. The van der Waals surface area contributed by atoms with Gasteiger partial charge in [-0.15, -0.1) is 0 Å². The van der Waals surface area contributed by atoms with E-state index < -0.39 is 5.60 Å². The fourth-order valence-electron chi connectivity index (χ4n) is 1.93. The standard InChI is InChI=1S/C13H27NO3/c1-11(2)14-6-5-12(17-8-7-14)9-16-10-13(3,4)15/h11-12,15H,5-10H2,1-4H3. The molecule has 1 rings (SSSR count). The summed E-state index contributed by atoms with van der Waals surface area (Å²) in [5, 5.41) is 9.54. The van der Waals surface area contributed by atoms with Crippen LogP contribution in [-0.4, -0.2) is 60.7 Å². The molecule has 1 saturated heterocycles. The minimum Gasteiger partial charge on any atom is -0.388 e. The van der Waals surface area contributed by atoms with Crippen LogP contribution >= 0.6 is 0 Å². The van der Waals surface area contributed by atoms with Crippen LogP contribution < -0.4 is 0 Å². The van der Waals surface area contributed by atoms with Gasteiger partial charge in [-0.05, 0) is 34.1 Å². The zero-order valence-electron chi connectivity index (χ0n) is 11.6. The zero-order chi connectivity index (χ0) is 12.9. The molecule has 0 aromatic rings. The summed E-state index contributed by atoms with van der Waals surface area (Å²) < 4.78 is 11.2. The van der Waals surface area contributed by atoms with Crippen LogP contribution in [0, 0.1) is 0 Å². The van der Waals surface area contributed by atoms with Crippen molar-refractivity contribution in [2.75, 3.05) is 32.9 Å². The summed E-state index contributed by atoms with van der Waals surface area (Å²) in [5.41, 5.74) is -0.755. The fourth-order valence-corrected chi connectivity index (χ4v) is 1.93. The third kappa shape index (κ3) is 6.36. The van der Waals surface area contributed by atoms with Gasteiger partial charge in [0.25, 0.3) is 0 Å². The van der Waals surface area contributed by atoms with Gasteiger partial charge >= 0.3 is 0 Å². The molecule has 102 valence electrons. The van der Waals surface area contributed by atoms with Gasteiger partial charge in [-0.3, -0.25) is 4.90 Å². The summed E-state index contributed by atoms with van der Waals surface area (Å²) >= 11 is 0. The van der Waals surface area contributed by atoms with Gasteiger partial charge in [0.15, 0.2) is 0 Å². The Labute approximate surface area is 105 Å². The van der Waals surface area contributed by atoms with Gasteiger partial charge in [0, 0.05) is 19.1 Å². The van der Waals surface area contributed by atoms with Crippen LogP contribution in [0.2, 0.25) is 0 Å². The van der Waals surface area contributed by atoms with Crippen molar-refractivity contribution in [1.29, 1.82) is 0 Å². The Morgan fingerprint density at radius 1 is 1.41 bits per heavy atom. The molecule has 0 aromatic heterocycles. The minimum atomic E-state index is -0.755. The normalized spacial score (nSPS) is 24.0. The third-order valence-electron chi connectivity index (χ3n) is 2.96. The molecule has 1 aliphatic rings. The van der Waals surface area contributed by atoms with Gasteiger partial charge in [-0.2, -0.15) is 0 Å². The van der Waals surface area contributed by atoms with E-state index in [0.29, 0.717) is 19.3 Å². The quantitative estimate of drug-likeness (QED) is 0.792. The first-order valence-electron chi connectivity index (χ1n) is 6.54. The van der Waals surface area contributed by atoms with Crippen LogP contribution in [0.15, 0.2) is 0 Å². The summed E-state index contributed by atoms with van der Waals surface area (Å²) in [6.45, 7) is 11.7. The molecule has 4 nitrogen and oxygen atoms in total. The van der Waals surface area contributed by atoms with Crippen molar-refractivity contribution in [3.63, 3.8) is 0 Å². The monoisotopic (exact) mass is 245 g/mol. The molecule has 1 fully saturated rings. The van der Waals surface area contributed by atoms with Crippen molar-refractivity contribution in [3.05, 3.63) is 0 Å². The third-order valence-corrected chi connectivity index (χ3v) is 2.96. The van der Waals surface area contributed by atoms with E-state index in [1.807, 2.05) is 0 Å². The molecule has 4 heteroatoms. The highest BCUT2D eigenvalue weighted by Gasteiger charge is 2.20. The lowest BCUT2D eigenvalue weighted by molar-refractivity contribution is -0.0613. The molecule has 17 heavy (non-hydrogen) atoms. The van der Waals surface area contributed by atoms with Crippen LogP contribution in [0.1, 0.15) is 34.1 Å². The lowest BCUT2D eigenvalue weighted by Crippen LogP contribution is -2.33. The van der Waals surface area contributed by atoms with Crippen molar-refractivity contribution >= 4 is 0 Å². The molecule has 1 aliphatic heterocycles. The van der Waals surface area contributed by atoms with Gasteiger partial charge < -0.3 is 14.6 Å². The van der Waals surface area contributed by atoms with Crippen LogP contribution in [0.4, 0.5) is 0 Å². The van der Waals surface area contributed by atoms with E-state index in [1.165, 1.54) is 0 Å².